The molecule has 0 saturated carbocycles. The molecule has 2 aromatic carbocycles. The summed E-state index contributed by atoms with van der Waals surface area (Å²) < 4.78 is 13.1. The second kappa shape index (κ2) is 5.99. The van der Waals surface area contributed by atoms with Crippen molar-refractivity contribution < 1.29 is 14.6 Å². The molecule has 1 unspecified atom stereocenters. The number of rotatable bonds is 2. The summed E-state index contributed by atoms with van der Waals surface area (Å²) in [4.78, 5) is 0. The van der Waals surface area contributed by atoms with Crippen LogP contribution in [0.5, 0.6) is 11.5 Å². The molecule has 0 aliphatic carbocycles. The first kappa shape index (κ1) is 14.9. The number of methoxy groups -OCH3 is 1. The normalized spacial score (nSPS) is 20.6. The lowest BCUT2D eigenvalue weighted by Crippen LogP contribution is -2.19. The van der Waals surface area contributed by atoms with Gasteiger partial charge in [0, 0.05) is 16.5 Å². The number of ether oxygens (including phenoxy) is 2. The van der Waals surface area contributed by atoms with Crippen molar-refractivity contribution in [3.05, 3.63) is 56.5 Å². The third-order valence-corrected chi connectivity index (χ3v) is 4.70. The van der Waals surface area contributed by atoms with Gasteiger partial charge in [-0.1, -0.05) is 22.0 Å². The van der Waals surface area contributed by atoms with Crippen molar-refractivity contribution in [1.82, 2.24) is 0 Å². The molecule has 21 heavy (non-hydrogen) atoms. The first-order valence-corrected chi connectivity index (χ1v) is 8.14. The lowest BCUT2D eigenvalue weighted by atomic mass is 9.95. The molecule has 1 heterocycles. The minimum absolute atomic E-state index is 0.170. The lowest BCUT2D eigenvalue weighted by Gasteiger charge is -2.30. The third-order valence-electron chi connectivity index (χ3n) is 3.59. The van der Waals surface area contributed by atoms with Crippen LogP contribution in [0.3, 0.4) is 0 Å². The molecule has 0 aromatic heterocycles. The van der Waals surface area contributed by atoms with Gasteiger partial charge in [0.25, 0.3) is 0 Å². The summed E-state index contributed by atoms with van der Waals surface area (Å²) in [6, 6.07) is 11.5. The largest absolute Gasteiger partial charge is 0.496 e. The molecule has 0 amide bonds. The zero-order chi connectivity index (χ0) is 15.0. The molecule has 1 aliphatic rings. The van der Waals surface area contributed by atoms with Gasteiger partial charge in [0.1, 0.15) is 17.6 Å². The Morgan fingerprint density at radius 1 is 1.19 bits per heavy atom. The van der Waals surface area contributed by atoms with E-state index >= 15 is 0 Å². The number of hydrogen-bond acceptors (Lipinski definition) is 3. The van der Waals surface area contributed by atoms with Gasteiger partial charge < -0.3 is 14.6 Å². The smallest absolute Gasteiger partial charge is 0.133 e. The van der Waals surface area contributed by atoms with Gasteiger partial charge >= 0.3 is 0 Å². The van der Waals surface area contributed by atoms with Crippen LogP contribution in [0.15, 0.2) is 45.3 Å². The molecule has 110 valence electrons. The van der Waals surface area contributed by atoms with E-state index in [0.29, 0.717) is 6.42 Å². The van der Waals surface area contributed by atoms with Gasteiger partial charge in [0.05, 0.1) is 17.7 Å². The molecule has 0 saturated heterocycles. The summed E-state index contributed by atoms with van der Waals surface area (Å²) in [7, 11) is 1.63. The molecule has 0 spiro atoms. The third kappa shape index (κ3) is 2.96. The zero-order valence-corrected chi connectivity index (χ0v) is 14.5. The number of halogens is 2. The average molecular weight is 414 g/mol. The minimum atomic E-state index is -0.530. The first-order valence-electron chi connectivity index (χ1n) is 6.56. The van der Waals surface area contributed by atoms with Gasteiger partial charge in [0.2, 0.25) is 0 Å². The Morgan fingerprint density at radius 2 is 2.00 bits per heavy atom. The van der Waals surface area contributed by atoms with Gasteiger partial charge in [-0.15, -0.1) is 0 Å². The van der Waals surface area contributed by atoms with Crippen molar-refractivity contribution in [2.45, 2.75) is 18.6 Å². The van der Waals surface area contributed by atoms with Crippen LogP contribution < -0.4 is 9.47 Å². The Labute approximate surface area is 140 Å². The fraction of sp³-hybridized carbons (Fsp3) is 0.250. The predicted octanol–water partition coefficient (Wildman–Crippen LogP) is 4.78. The fourth-order valence-corrected chi connectivity index (χ4v) is 3.44. The Balaban J connectivity index is 1.92. The van der Waals surface area contributed by atoms with E-state index < -0.39 is 6.10 Å². The van der Waals surface area contributed by atoms with Crippen LogP contribution in [0, 0.1) is 0 Å². The number of aliphatic hydroxyl groups excluding tert-OH is 1. The van der Waals surface area contributed by atoms with Gasteiger partial charge in [0.15, 0.2) is 0 Å². The molecular formula is C16H14Br2O3. The monoisotopic (exact) mass is 412 g/mol. The highest BCUT2D eigenvalue weighted by Gasteiger charge is 2.28. The molecular weight excluding hydrogens is 400 g/mol. The summed E-state index contributed by atoms with van der Waals surface area (Å²) in [5, 5.41) is 10.4. The summed E-state index contributed by atoms with van der Waals surface area (Å²) in [5.74, 6) is 1.51. The first-order chi connectivity index (χ1) is 10.1. The van der Waals surface area contributed by atoms with Gasteiger partial charge in [-0.25, -0.2) is 0 Å². The van der Waals surface area contributed by atoms with Crippen molar-refractivity contribution >= 4 is 31.9 Å². The summed E-state index contributed by atoms with van der Waals surface area (Å²) in [6.07, 6.45) is -0.171. The van der Waals surface area contributed by atoms with Crippen LogP contribution in [0.25, 0.3) is 0 Å². The van der Waals surface area contributed by atoms with E-state index in [4.69, 9.17) is 9.47 Å². The maximum absolute atomic E-state index is 10.4. The number of aliphatic hydroxyl groups is 1. The molecule has 1 N–H and O–H groups in total. The van der Waals surface area contributed by atoms with Crippen molar-refractivity contribution in [2.24, 2.45) is 0 Å². The summed E-state index contributed by atoms with van der Waals surface area (Å²) in [5.41, 5.74) is 1.84. The van der Waals surface area contributed by atoms with E-state index in [-0.39, 0.29) is 6.10 Å². The Hall–Kier alpha value is -1.04. The summed E-state index contributed by atoms with van der Waals surface area (Å²) >= 11 is 6.90. The quantitative estimate of drug-likeness (QED) is 0.769. The van der Waals surface area contributed by atoms with Crippen LogP contribution in [0.4, 0.5) is 0 Å². The van der Waals surface area contributed by atoms with E-state index in [1.54, 1.807) is 7.11 Å². The standard InChI is InChI=1S/C16H14Br2O3/c1-20-15-4-2-9(6-12(15)18)16-8-13(19)11-7-10(17)3-5-14(11)21-16/h2-7,13,16,19H,8H2,1H3/t13-,16?/m0/s1. The van der Waals surface area contributed by atoms with Crippen LogP contribution in [0.1, 0.15) is 29.8 Å². The molecule has 3 nitrogen and oxygen atoms in total. The Morgan fingerprint density at radius 3 is 2.71 bits per heavy atom. The van der Waals surface area contributed by atoms with Crippen LogP contribution >= 0.6 is 31.9 Å². The van der Waals surface area contributed by atoms with Crippen molar-refractivity contribution in [2.75, 3.05) is 7.11 Å². The lowest BCUT2D eigenvalue weighted by molar-refractivity contribution is 0.0656. The molecule has 5 heteroatoms. The second-order valence-corrected chi connectivity index (χ2v) is 6.70. The van der Waals surface area contributed by atoms with Crippen LogP contribution in [-0.2, 0) is 0 Å². The zero-order valence-electron chi connectivity index (χ0n) is 11.3. The molecule has 1 aliphatic heterocycles. The van der Waals surface area contributed by atoms with E-state index in [0.717, 1.165) is 31.6 Å². The Bertz CT molecular complexity index is 673. The molecule has 0 bridgehead atoms. The molecule has 3 rings (SSSR count). The minimum Gasteiger partial charge on any atom is -0.496 e. The average Bonchev–Trinajstić information content (AvgIpc) is 2.47. The van der Waals surface area contributed by atoms with Crippen LogP contribution in [0.2, 0.25) is 0 Å². The second-order valence-electron chi connectivity index (χ2n) is 4.93. The van der Waals surface area contributed by atoms with Gasteiger partial charge in [-0.2, -0.15) is 0 Å². The van der Waals surface area contributed by atoms with Crippen molar-refractivity contribution in [1.29, 1.82) is 0 Å². The van der Waals surface area contributed by atoms with E-state index in [1.807, 2.05) is 36.4 Å². The number of fused-ring (bicyclic) bond motifs is 1. The molecule has 2 atom stereocenters. The maximum Gasteiger partial charge on any atom is 0.133 e. The molecule has 2 aromatic rings. The number of hydrogen-bond donors (Lipinski definition) is 1. The molecule has 0 fully saturated rings. The van der Waals surface area contributed by atoms with Crippen molar-refractivity contribution in [3.8, 4) is 11.5 Å². The van der Waals surface area contributed by atoms with Gasteiger partial charge in [-0.05, 0) is 51.8 Å². The number of benzene rings is 2. The Kier molecular flexibility index (Phi) is 4.24. The SMILES string of the molecule is COc1ccc(C2C[C@H](O)c3cc(Br)ccc3O2)cc1Br. The highest BCUT2D eigenvalue weighted by Crippen LogP contribution is 2.42. The predicted molar refractivity (Wildman–Crippen MR) is 87.8 cm³/mol. The highest BCUT2D eigenvalue weighted by atomic mass is 79.9. The van der Waals surface area contributed by atoms with Crippen LogP contribution in [-0.4, -0.2) is 12.2 Å². The van der Waals surface area contributed by atoms with E-state index in [1.165, 1.54) is 0 Å². The van der Waals surface area contributed by atoms with Crippen molar-refractivity contribution in [3.63, 3.8) is 0 Å². The maximum atomic E-state index is 10.4. The van der Waals surface area contributed by atoms with E-state index in [2.05, 4.69) is 31.9 Å². The summed E-state index contributed by atoms with van der Waals surface area (Å²) in [6.45, 7) is 0. The topological polar surface area (TPSA) is 38.7 Å². The molecule has 0 radical (unpaired) electrons. The van der Waals surface area contributed by atoms with Gasteiger partial charge in [-0.3, -0.25) is 0 Å². The van der Waals surface area contributed by atoms with E-state index in [9.17, 15) is 5.11 Å². The fourth-order valence-electron chi connectivity index (χ4n) is 2.51. The highest BCUT2D eigenvalue weighted by molar-refractivity contribution is 9.10.